The van der Waals surface area contributed by atoms with E-state index in [1.165, 1.54) is 10.6 Å². The number of imidazole rings is 1. The van der Waals surface area contributed by atoms with Crippen molar-refractivity contribution >= 4 is 17.4 Å². The van der Waals surface area contributed by atoms with Crippen LogP contribution in [-0.2, 0) is 10.2 Å². The van der Waals surface area contributed by atoms with E-state index < -0.39 is 23.7 Å². The molecule has 3 aromatic heterocycles. The molecule has 2 bridgehead atoms. The van der Waals surface area contributed by atoms with Crippen LogP contribution in [-0.4, -0.2) is 43.7 Å². The monoisotopic (exact) mass is 437 g/mol. The summed E-state index contributed by atoms with van der Waals surface area (Å²) in [6.07, 6.45) is 6.81. The van der Waals surface area contributed by atoms with Gasteiger partial charge < -0.3 is 14.6 Å². The summed E-state index contributed by atoms with van der Waals surface area (Å²) in [7, 11) is 0. The minimum atomic E-state index is -1.01. The maximum absolute atomic E-state index is 13.5. The van der Waals surface area contributed by atoms with Crippen LogP contribution in [0.2, 0.25) is 0 Å². The Balaban J connectivity index is 1.35. The van der Waals surface area contributed by atoms with Gasteiger partial charge >= 0.3 is 0 Å². The first-order chi connectivity index (χ1) is 15.3. The normalized spacial score (nSPS) is 28.2. The molecule has 8 nitrogen and oxygen atoms in total. The van der Waals surface area contributed by atoms with Crippen LogP contribution >= 0.6 is 0 Å². The third-order valence-electron chi connectivity index (χ3n) is 6.91. The Hall–Kier alpha value is -3.07. The fourth-order valence-corrected chi connectivity index (χ4v) is 4.91. The van der Waals surface area contributed by atoms with E-state index in [-0.39, 0.29) is 17.0 Å². The fourth-order valence-electron chi connectivity index (χ4n) is 4.91. The van der Waals surface area contributed by atoms with Gasteiger partial charge in [-0.25, -0.2) is 14.4 Å². The number of rotatable bonds is 5. The predicted molar refractivity (Wildman–Crippen MR) is 115 cm³/mol. The Bertz CT molecular complexity index is 1300. The lowest BCUT2D eigenvalue weighted by Gasteiger charge is -2.33. The maximum Gasteiger partial charge on any atom is 0.274 e. The zero-order valence-corrected chi connectivity index (χ0v) is 17.9. The van der Waals surface area contributed by atoms with Gasteiger partial charge in [0.2, 0.25) is 5.78 Å². The summed E-state index contributed by atoms with van der Waals surface area (Å²) in [4.78, 5) is 35.4. The fraction of sp³-hybridized carbons (Fsp3) is 0.478. The highest BCUT2D eigenvalue weighted by Gasteiger charge is 2.54. The molecule has 2 atom stereocenters. The average Bonchev–Trinajstić information content (AvgIpc) is 3.13. The van der Waals surface area contributed by atoms with Gasteiger partial charge in [-0.15, -0.1) is 0 Å². The number of pyridine rings is 1. The number of ether oxygens (including phenoxy) is 1. The number of carbonyl (C=O) groups excluding carboxylic acids is 1. The highest BCUT2D eigenvalue weighted by Crippen LogP contribution is 2.51. The average molecular weight is 437 g/mol. The molecule has 4 aliphatic rings. The lowest BCUT2D eigenvalue weighted by atomic mass is 9.68. The van der Waals surface area contributed by atoms with E-state index in [1.807, 2.05) is 20.0 Å². The third-order valence-corrected chi connectivity index (χ3v) is 6.91. The number of hydrogen-bond donors (Lipinski definition) is 1. The van der Waals surface area contributed by atoms with Crippen LogP contribution in [0.25, 0.3) is 5.78 Å². The minimum absolute atomic E-state index is 0.0202. The summed E-state index contributed by atoms with van der Waals surface area (Å²) < 4.78 is 22.3. The number of nitrogens with zero attached hydrogens (tertiary/aromatic N) is 4. The van der Waals surface area contributed by atoms with Crippen LogP contribution in [0.4, 0.5) is 10.1 Å². The highest BCUT2D eigenvalue weighted by molar-refractivity contribution is 6.05. The van der Waals surface area contributed by atoms with Gasteiger partial charge in [0.05, 0.1) is 35.7 Å². The van der Waals surface area contributed by atoms with Crippen LogP contribution in [0.5, 0.6) is 0 Å². The molecule has 1 amide bonds. The predicted octanol–water partition coefficient (Wildman–Crippen LogP) is 2.98. The van der Waals surface area contributed by atoms with Gasteiger partial charge in [-0.1, -0.05) is 13.8 Å². The van der Waals surface area contributed by atoms with Crippen LogP contribution in [0, 0.1) is 0 Å². The van der Waals surface area contributed by atoms with E-state index in [1.54, 1.807) is 22.9 Å². The molecular weight excluding hydrogens is 413 g/mol. The Morgan fingerprint density at radius 3 is 2.75 bits per heavy atom. The molecule has 3 aromatic rings. The third kappa shape index (κ3) is 2.91. The summed E-state index contributed by atoms with van der Waals surface area (Å²) in [5, 5.41) is 2.71. The SMILES string of the molecule is CC(C)c1nc2nc(C34COC(C3)C4)cn2cc1C(=O)Nc1cccn([C@H]2C[C@H]2F)c1=O. The zero-order chi connectivity index (χ0) is 22.2. The Morgan fingerprint density at radius 2 is 2.09 bits per heavy atom. The summed E-state index contributed by atoms with van der Waals surface area (Å²) >= 11 is 0. The topological polar surface area (TPSA) is 90.5 Å². The second-order valence-electron chi connectivity index (χ2n) is 9.56. The van der Waals surface area contributed by atoms with Crippen molar-refractivity contribution in [2.75, 3.05) is 11.9 Å². The number of nitrogens with one attached hydrogen (secondary N) is 1. The number of hydrogen-bond acceptors (Lipinski definition) is 5. The highest BCUT2D eigenvalue weighted by atomic mass is 19.1. The van der Waals surface area contributed by atoms with Crippen molar-refractivity contribution < 1.29 is 13.9 Å². The van der Waals surface area contributed by atoms with Crippen molar-refractivity contribution in [2.24, 2.45) is 0 Å². The molecule has 0 radical (unpaired) electrons. The number of aromatic nitrogens is 4. The first kappa shape index (κ1) is 19.6. The largest absolute Gasteiger partial charge is 0.377 e. The van der Waals surface area contributed by atoms with Crippen molar-refractivity contribution in [3.05, 3.63) is 58.0 Å². The molecule has 2 aliphatic heterocycles. The summed E-state index contributed by atoms with van der Waals surface area (Å²) in [5.41, 5.74) is 1.62. The smallest absolute Gasteiger partial charge is 0.274 e. The summed E-state index contributed by atoms with van der Waals surface area (Å²) in [5.74, 6) is 0.106. The van der Waals surface area contributed by atoms with Crippen molar-refractivity contribution in [1.29, 1.82) is 0 Å². The van der Waals surface area contributed by atoms with Crippen LogP contribution in [0.1, 0.15) is 66.8 Å². The van der Waals surface area contributed by atoms with Gasteiger partial charge in [-0.05, 0) is 30.9 Å². The number of fused-ring (bicyclic) bond motifs is 2. The van der Waals surface area contributed by atoms with Crippen LogP contribution in [0.3, 0.4) is 0 Å². The van der Waals surface area contributed by atoms with Crippen molar-refractivity contribution in [3.8, 4) is 0 Å². The van der Waals surface area contributed by atoms with Gasteiger partial charge in [-0.3, -0.25) is 14.0 Å². The number of anilines is 1. The Labute approximate surface area is 183 Å². The van der Waals surface area contributed by atoms with E-state index in [0.717, 1.165) is 18.5 Å². The van der Waals surface area contributed by atoms with Gasteiger partial charge in [0.15, 0.2) is 0 Å². The number of halogens is 1. The first-order valence-electron chi connectivity index (χ1n) is 11.0. The zero-order valence-electron chi connectivity index (χ0n) is 17.9. The minimum Gasteiger partial charge on any atom is -0.377 e. The molecule has 0 aromatic carbocycles. The first-order valence-corrected chi connectivity index (χ1v) is 11.0. The lowest BCUT2D eigenvalue weighted by molar-refractivity contribution is 0.102. The Kier molecular flexibility index (Phi) is 4.11. The van der Waals surface area contributed by atoms with Crippen LogP contribution in [0.15, 0.2) is 35.5 Å². The molecule has 7 rings (SSSR count). The summed E-state index contributed by atoms with van der Waals surface area (Å²) in [6.45, 7) is 4.60. The van der Waals surface area contributed by atoms with Gasteiger partial charge in [0.1, 0.15) is 11.9 Å². The van der Waals surface area contributed by atoms with Gasteiger partial charge in [0.25, 0.3) is 11.5 Å². The second-order valence-corrected chi connectivity index (χ2v) is 9.56. The molecule has 2 saturated carbocycles. The molecule has 32 heavy (non-hydrogen) atoms. The number of amides is 1. The molecule has 2 saturated heterocycles. The van der Waals surface area contributed by atoms with E-state index in [9.17, 15) is 14.0 Å². The second kappa shape index (κ2) is 6.71. The van der Waals surface area contributed by atoms with Crippen molar-refractivity contribution in [2.45, 2.75) is 62.8 Å². The maximum atomic E-state index is 13.5. The Morgan fingerprint density at radius 1 is 1.31 bits per heavy atom. The molecule has 4 fully saturated rings. The number of carbonyl (C=O) groups is 1. The van der Waals surface area contributed by atoms with Crippen molar-refractivity contribution in [1.82, 2.24) is 18.9 Å². The van der Waals surface area contributed by atoms with E-state index >= 15 is 0 Å². The molecular formula is C23H24FN5O3. The van der Waals surface area contributed by atoms with Crippen LogP contribution < -0.4 is 10.9 Å². The molecule has 166 valence electrons. The van der Waals surface area contributed by atoms with E-state index in [0.29, 0.717) is 36.2 Å². The molecule has 0 spiro atoms. The molecule has 5 heterocycles. The lowest BCUT2D eigenvalue weighted by Crippen LogP contribution is -2.37. The summed E-state index contributed by atoms with van der Waals surface area (Å²) in [6, 6.07) is 2.73. The quantitative estimate of drug-likeness (QED) is 0.663. The number of alkyl halides is 1. The van der Waals surface area contributed by atoms with Gasteiger partial charge in [0, 0.05) is 30.4 Å². The molecule has 2 aliphatic carbocycles. The standard InChI is InChI=1S/C23H24FN5O3/c1-12(2)19-14(20(30)25-16-4-3-5-29(21(16)31)17-6-15(17)24)9-28-10-18(26-22(28)27-19)23-7-13(8-23)32-11-23/h3-5,9-10,12-13,15,17H,6-8,11H2,1-2H3,(H,25,30)/t13?,15-,17+,23?/m1/s1. The molecule has 9 heteroatoms. The molecule has 1 N–H and O–H groups in total. The molecule has 0 unspecified atom stereocenters. The van der Waals surface area contributed by atoms with Gasteiger partial charge in [-0.2, -0.15) is 0 Å². The van der Waals surface area contributed by atoms with Crippen molar-refractivity contribution in [3.63, 3.8) is 0 Å². The van der Waals surface area contributed by atoms with E-state index in [2.05, 4.69) is 10.3 Å². The van der Waals surface area contributed by atoms with E-state index in [4.69, 9.17) is 9.72 Å².